The summed E-state index contributed by atoms with van der Waals surface area (Å²) in [4.78, 5) is 2.17. The fourth-order valence-electron chi connectivity index (χ4n) is 2.61. The second kappa shape index (κ2) is 7.36. The van der Waals surface area contributed by atoms with Crippen LogP contribution in [0.25, 0.3) is 0 Å². The van der Waals surface area contributed by atoms with Crippen molar-refractivity contribution in [1.82, 2.24) is 10.2 Å². The Balaban J connectivity index is 2.18. The van der Waals surface area contributed by atoms with Crippen LogP contribution in [0.5, 0.6) is 0 Å². The zero-order valence-electron chi connectivity index (χ0n) is 12.4. The van der Waals surface area contributed by atoms with E-state index in [2.05, 4.69) is 23.2 Å². The molecule has 22 heavy (non-hydrogen) atoms. The fraction of sp³-hybridized carbons (Fsp3) is 0.312. The van der Waals surface area contributed by atoms with Gasteiger partial charge in [0.25, 0.3) is 0 Å². The maximum absolute atomic E-state index is 6.25. The number of rotatable bonds is 5. The Kier molecular flexibility index (Phi) is 5.73. The van der Waals surface area contributed by atoms with Crippen LogP contribution in [-0.4, -0.2) is 22.2 Å². The van der Waals surface area contributed by atoms with Crippen LogP contribution in [0.1, 0.15) is 18.9 Å². The molecule has 0 aromatic heterocycles. The third-order valence-electron chi connectivity index (χ3n) is 3.80. The Morgan fingerprint density at radius 2 is 2.00 bits per heavy atom. The van der Waals surface area contributed by atoms with Crippen LogP contribution in [0.2, 0.25) is 10.0 Å². The average molecular weight is 356 g/mol. The lowest BCUT2D eigenvalue weighted by Crippen LogP contribution is -2.59. The molecule has 2 rings (SSSR count). The molecule has 0 bridgehead atoms. The van der Waals surface area contributed by atoms with E-state index in [0.29, 0.717) is 10.0 Å². The van der Waals surface area contributed by atoms with Gasteiger partial charge >= 0.3 is 0 Å². The maximum atomic E-state index is 6.25. The number of nitrogens with two attached hydrogens (primary N) is 1. The molecular formula is C16H19Cl2N3S. The molecule has 1 aliphatic heterocycles. The van der Waals surface area contributed by atoms with E-state index in [0.717, 1.165) is 24.9 Å². The molecule has 1 heterocycles. The molecule has 1 aliphatic rings. The molecule has 0 spiro atoms. The first-order valence-corrected chi connectivity index (χ1v) is 8.28. The predicted octanol–water partition coefficient (Wildman–Crippen LogP) is 3.86. The summed E-state index contributed by atoms with van der Waals surface area (Å²) in [6, 6.07) is 5.56. The smallest absolute Gasteiger partial charge is 0.165 e. The topological polar surface area (TPSA) is 41.3 Å². The van der Waals surface area contributed by atoms with Gasteiger partial charge in [0, 0.05) is 22.8 Å². The summed E-state index contributed by atoms with van der Waals surface area (Å²) in [7, 11) is 0. The third kappa shape index (κ3) is 3.75. The summed E-state index contributed by atoms with van der Waals surface area (Å²) in [6.07, 6.45) is 9.63. The van der Waals surface area contributed by atoms with Gasteiger partial charge in [-0.15, -0.1) is 0 Å². The van der Waals surface area contributed by atoms with Crippen LogP contribution in [-0.2, 0) is 6.42 Å². The van der Waals surface area contributed by atoms with Crippen molar-refractivity contribution < 1.29 is 0 Å². The number of thiocarbonyl (C=S) groups is 1. The second-order valence-corrected chi connectivity index (χ2v) is 6.37. The number of hydrogen-bond acceptors (Lipinski definition) is 2. The van der Waals surface area contributed by atoms with Gasteiger partial charge in [0.15, 0.2) is 5.11 Å². The van der Waals surface area contributed by atoms with Crippen molar-refractivity contribution in [3.8, 4) is 0 Å². The van der Waals surface area contributed by atoms with Crippen molar-refractivity contribution >= 4 is 40.5 Å². The molecule has 0 saturated heterocycles. The largest absolute Gasteiger partial charge is 0.376 e. The van der Waals surface area contributed by atoms with Gasteiger partial charge in [-0.1, -0.05) is 42.3 Å². The highest BCUT2D eigenvalue weighted by atomic mass is 35.5. The summed E-state index contributed by atoms with van der Waals surface area (Å²) < 4.78 is 0. The molecule has 0 radical (unpaired) electrons. The minimum absolute atomic E-state index is 0.280. The first kappa shape index (κ1) is 17.1. The SMILES string of the molecule is CCC1(NC(N)=S)C=CC=CN1CCc1c(Cl)cccc1Cl. The summed E-state index contributed by atoms with van der Waals surface area (Å²) in [5.74, 6) is 0. The van der Waals surface area contributed by atoms with E-state index in [9.17, 15) is 0 Å². The number of allylic oxidation sites excluding steroid dienone is 2. The Morgan fingerprint density at radius 1 is 1.32 bits per heavy atom. The highest BCUT2D eigenvalue weighted by Crippen LogP contribution is 2.27. The quantitative estimate of drug-likeness (QED) is 0.786. The molecule has 1 aromatic carbocycles. The molecule has 1 aromatic rings. The molecule has 0 saturated carbocycles. The van der Waals surface area contributed by atoms with Crippen LogP contribution in [0.4, 0.5) is 0 Å². The second-order valence-electron chi connectivity index (χ2n) is 5.11. The van der Waals surface area contributed by atoms with E-state index in [4.69, 9.17) is 41.2 Å². The van der Waals surface area contributed by atoms with Crippen molar-refractivity contribution in [2.75, 3.05) is 6.54 Å². The monoisotopic (exact) mass is 355 g/mol. The lowest BCUT2D eigenvalue weighted by molar-refractivity contribution is 0.171. The third-order valence-corrected chi connectivity index (χ3v) is 4.61. The zero-order valence-corrected chi connectivity index (χ0v) is 14.7. The lowest BCUT2D eigenvalue weighted by atomic mass is 10.0. The van der Waals surface area contributed by atoms with Crippen molar-refractivity contribution in [1.29, 1.82) is 0 Å². The van der Waals surface area contributed by atoms with Gasteiger partial charge in [-0.05, 0) is 54.9 Å². The van der Waals surface area contributed by atoms with Gasteiger partial charge in [-0.3, -0.25) is 0 Å². The lowest BCUT2D eigenvalue weighted by Gasteiger charge is -2.43. The predicted molar refractivity (Wildman–Crippen MR) is 98.1 cm³/mol. The maximum Gasteiger partial charge on any atom is 0.165 e. The number of halogens is 2. The van der Waals surface area contributed by atoms with Crippen LogP contribution in [0.3, 0.4) is 0 Å². The molecule has 1 unspecified atom stereocenters. The van der Waals surface area contributed by atoms with Gasteiger partial charge in [-0.25, -0.2) is 0 Å². The minimum atomic E-state index is -0.408. The Morgan fingerprint density at radius 3 is 2.59 bits per heavy atom. The van der Waals surface area contributed by atoms with Gasteiger partial charge in [0.1, 0.15) is 5.66 Å². The van der Waals surface area contributed by atoms with E-state index in [1.54, 1.807) is 0 Å². The summed E-state index contributed by atoms with van der Waals surface area (Å²) in [5, 5.41) is 4.85. The normalized spacial score (nSPS) is 20.2. The highest BCUT2D eigenvalue weighted by Gasteiger charge is 2.32. The molecule has 3 nitrogen and oxygen atoms in total. The summed E-state index contributed by atoms with van der Waals surface area (Å²) in [5.41, 5.74) is 6.24. The summed E-state index contributed by atoms with van der Waals surface area (Å²) in [6.45, 7) is 2.83. The summed E-state index contributed by atoms with van der Waals surface area (Å²) >= 11 is 17.5. The number of benzene rings is 1. The van der Waals surface area contributed by atoms with E-state index in [1.807, 2.05) is 36.6 Å². The van der Waals surface area contributed by atoms with Gasteiger partial charge in [0.05, 0.1) is 0 Å². The van der Waals surface area contributed by atoms with Gasteiger partial charge < -0.3 is 16.0 Å². The molecule has 0 aliphatic carbocycles. The van der Waals surface area contributed by atoms with Crippen molar-refractivity contribution in [2.24, 2.45) is 5.73 Å². The van der Waals surface area contributed by atoms with Crippen molar-refractivity contribution in [2.45, 2.75) is 25.4 Å². The number of hydrogen-bond donors (Lipinski definition) is 2. The van der Waals surface area contributed by atoms with Crippen LogP contribution in [0.15, 0.2) is 42.6 Å². The Labute approximate surface area is 146 Å². The molecule has 6 heteroatoms. The molecule has 1 atom stereocenters. The number of nitrogens with one attached hydrogen (secondary N) is 1. The molecule has 118 valence electrons. The zero-order chi connectivity index (χ0) is 16.2. The van der Waals surface area contributed by atoms with E-state index < -0.39 is 5.66 Å². The van der Waals surface area contributed by atoms with Crippen molar-refractivity contribution in [3.05, 3.63) is 58.2 Å². The van der Waals surface area contributed by atoms with E-state index in [-0.39, 0.29) is 5.11 Å². The first-order chi connectivity index (χ1) is 10.5. The minimum Gasteiger partial charge on any atom is -0.376 e. The molecule has 3 N–H and O–H groups in total. The van der Waals surface area contributed by atoms with Crippen molar-refractivity contribution in [3.63, 3.8) is 0 Å². The van der Waals surface area contributed by atoms with Crippen LogP contribution >= 0.6 is 35.4 Å². The highest BCUT2D eigenvalue weighted by molar-refractivity contribution is 7.80. The Bertz CT molecular complexity index is 595. The van der Waals surface area contributed by atoms with E-state index in [1.165, 1.54) is 0 Å². The van der Waals surface area contributed by atoms with Gasteiger partial charge in [0.2, 0.25) is 0 Å². The van der Waals surface area contributed by atoms with Gasteiger partial charge in [-0.2, -0.15) is 0 Å². The molecule has 0 amide bonds. The number of nitrogens with zero attached hydrogens (tertiary/aromatic N) is 1. The Hall–Kier alpha value is -1.23. The first-order valence-electron chi connectivity index (χ1n) is 7.12. The van der Waals surface area contributed by atoms with Crippen LogP contribution in [0, 0.1) is 0 Å². The average Bonchev–Trinajstić information content (AvgIpc) is 2.47. The molecular weight excluding hydrogens is 337 g/mol. The fourth-order valence-corrected chi connectivity index (χ4v) is 3.37. The molecule has 0 fully saturated rings. The van der Waals surface area contributed by atoms with Crippen LogP contribution < -0.4 is 11.1 Å². The standard InChI is InChI=1S/C16H19Cl2N3S/c1-2-16(20-15(19)22)9-3-4-10-21(16)11-8-12-13(17)6-5-7-14(12)18/h3-7,9-10H,2,8,11H2,1H3,(H3,19,20,22). The van der Waals surface area contributed by atoms with E-state index >= 15 is 0 Å².